The number of carbonyl (C=O) groups is 2. The molecule has 118 valence electrons. The number of nitrogens with zero attached hydrogens (tertiary/aromatic N) is 1. The second-order valence-electron chi connectivity index (χ2n) is 6.39. The fourth-order valence-corrected chi connectivity index (χ4v) is 3.10. The van der Waals surface area contributed by atoms with E-state index in [-0.39, 0.29) is 17.9 Å². The van der Waals surface area contributed by atoms with Crippen molar-refractivity contribution in [2.75, 3.05) is 0 Å². The first-order valence-electron chi connectivity index (χ1n) is 8.20. The third-order valence-electron chi connectivity index (χ3n) is 4.72. The maximum absolute atomic E-state index is 12.5. The highest BCUT2D eigenvalue weighted by Gasteiger charge is 2.56. The van der Waals surface area contributed by atoms with Gasteiger partial charge in [0.25, 0.3) is 0 Å². The average molecular weight is 301 g/mol. The topological polar surface area (TPSA) is 71.1 Å². The van der Waals surface area contributed by atoms with Gasteiger partial charge in [-0.25, -0.2) is 0 Å². The Kier molecular flexibility index (Phi) is 4.41. The zero-order valence-electron chi connectivity index (χ0n) is 12.8. The van der Waals surface area contributed by atoms with E-state index in [0.717, 1.165) is 18.5 Å². The molecule has 0 atom stereocenters. The van der Waals surface area contributed by atoms with Gasteiger partial charge in [0.2, 0.25) is 11.8 Å². The highest BCUT2D eigenvalue weighted by atomic mass is 16.2. The average Bonchev–Trinajstić information content (AvgIpc) is 3.36. The molecule has 2 saturated carbocycles. The molecule has 2 amide bonds. The zero-order valence-corrected chi connectivity index (χ0v) is 12.8. The second kappa shape index (κ2) is 6.46. The summed E-state index contributed by atoms with van der Waals surface area (Å²) >= 11 is 0. The van der Waals surface area contributed by atoms with E-state index in [9.17, 15) is 9.59 Å². The van der Waals surface area contributed by atoms with E-state index >= 15 is 0 Å². The van der Waals surface area contributed by atoms with Crippen LogP contribution in [0.4, 0.5) is 0 Å². The van der Waals surface area contributed by atoms with Crippen molar-refractivity contribution in [3.8, 4) is 0 Å². The van der Waals surface area contributed by atoms with Gasteiger partial charge in [0.1, 0.15) is 5.41 Å². The number of aromatic nitrogens is 1. The van der Waals surface area contributed by atoms with Crippen LogP contribution in [0.1, 0.15) is 50.6 Å². The Morgan fingerprint density at radius 2 is 1.91 bits per heavy atom. The molecule has 1 aromatic heterocycles. The number of carbonyl (C=O) groups excluding carboxylic acids is 2. The molecule has 1 heterocycles. The van der Waals surface area contributed by atoms with E-state index in [2.05, 4.69) is 15.6 Å². The Morgan fingerprint density at radius 3 is 2.55 bits per heavy atom. The molecule has 2 aliphatic carbocycles. The Hall–Kier alpha value is -1.91. The van der Waals surface area contributed by atoms with Gasteiger partial charge in [0.15, 0.2) is 0 Å². The van der Waals surface area contributed by atoms with Crippen LogP contribution in [0.15, 0.2) is 24.4 Å². The summed E-state index contributed by atoms with van der Waals surface area (Å²) in [6.07, 6.45) is 8.67. The van der Waals surface area contributed by atoms with Gasteiger partial charge in [-0.2, -0.15) is 0 Å². The summed E-state index contributed by atoms with van der Waals surface area (Å²) in [5.41, 5.74) is -0.0222. The molecule has 5 heteroatoms. The summed E-state index contributed by atoms with van der Waals surface area (Å²) < 4.78 is 0. The van der Waals surface area contributed by atoms with Crippen molar-refractivity contribution >= 4 is 11.8 Å². The predicted molar refractivity (Wildman–Crippen MR) is 82.8 cm³/mol. The SMILES string of the molecule is O=C(NCc1ccccn1)C1(C(=O)NC2CCCCC2)CC1. The predicted octanol–water partition coefficient (Wildman–Crippen LogP) is 1.93. The van der Waals surface area contributed by atoms with Crippen LogP contribution in [0.3, 0.4) is 0 Å². The number of pyridine rings is 1. The smallest absolute Gasteiger partial charge is 0.236 e. The minimum absolute atomic E-state index is 0.0853. The molecule has 0 aliphatic heterocycles. The third kappa shape index (κ3) is 3.29. The lowest BCUT2D eigenvalue weighted by atomic mass is 9.94. The van der Waals surface area contributed by atoms with Gasteiger partial charge < -0.3 is 10.6 Å². The first kappa shape index (κ1) is 15.0. The van der Waals surface area contributed by atoms with Crippen molar-refractivity contribution in [1.29, 1.82) is 0 Å². The first-order chi connectivity index (χ1) is 10.7. The molecule has 0 saturated heterocycles. The summed E-state index contributed by atoms with van der Waals surface area (Å²) in [6.45, 7) is 0.373. The van der Waals surface area contributed by atoms with Crippen molar-refractivity contribution in [1.82, 2.24) is 15.6 Å². The molecule has 1 aromatic rings. The van der Waals surface area contributed by atoms with Crippen LogP contribution in [0, 0.1) is 5.41 Å². The minimum atomic E-state index is -0.827. The van der Waals surface area contributed by atoms with Crippen LogP contribution in [-0.4, -0.2) is 22.8 Å². The van der Waals surface area contributed by atoms with Gasteiger partial charge in [-0.05, 0) is 37.8 Å². The van der Waals surface area contributed by atoms with Crippen molar-refractivity contribution in [3.05, 3.63) is 30.1 Å². The summed E-state index contributed by atoms with van der Waals surface area (Å²) in [5, 5.41) is 5.94. The molecule has 2 fully saturated rings. The van der Waals surface area contributed by atoms with E-state index in [4.69, 9.17) is 0 Å². The Bertz CT molecular complexity index is 534. The molecule has 3 rings (SSSR count). The number of nitrogens with one attached hydrogen (secondary N) is 2. The van der Waals surface area contributed by atoms with Crippen LogP contribution in [0.5, 0.6) is 0 Å². The van der Waals surface area contributed by atoms with Gasteiger partial charge in [0.05, 0.1) is 12.2 Å². The summed E-state index contributed by atoms with van der Waals surface area (Å²) in [5.74, 6) is -0.246. The molecule has 0 bridgehead atoms. The molecule has 5 nitrogen and oxygen atoms in total. The lowest BCUT2D eigenvalue weighted by Gasteiger charge is -2.25. The fourth-order valence-electron chi connectivity index (χ4n) is 3.10. The van der Waals surface area contributed by atoms with E-state index < -0.39 is 5.41 Å². The van der Waals surface area contributed by atoms with Crippen molar-refractivity contribution < 1.29 is 9.59 Å². The zero-order chi connectivity index (χ0) is 15.4. The van der Waals surface area contributed by atoms with Gasteiger partial charge in [-0.1, -0.05) is 25.3 Å². The monoisotopic (exact) mass is 301 g/mol. The van der Waals surface area contributed by atoms with E-state index in [0.29, 0.717) is 19.4 Å². The highest BCUT2D eigenvalue weighted by Crippen LogP contribution is 2.46. The van der Waals surface area contributed by atoms with Crippen LogP contribution >= 0.6 is 0 Å². The summed E-state index contributed by atoms with van der Waals surface area (Å²) in [6, 6.07) is 5.84. The molecular weight excluding hydrogens is 278 g/mol. The molecule has 0 unspecified atom stereocenters. The van der Waals surface area contributed by atoms with E-state index in [1.54, 1.807) is 6.20 Å². The molecule has 0 aromatic carbocycles. The quantitative estimate of drug-likeness (QED) is 0.816. The Balaban J connectivity index is 1.53. The molecule has 2 aliphatic rings. The van der Waals surface area contributed by atoms with E-state index in [1.807, 2.05) is 18.2 Å². The molecule has 2 N–H and O–H groups in total. The lowest BCUT2D eigenvalue weighted by molar-refractivity contribution is -0.137. The van der Waals surface area contributed by atoms with Crippen LogP contribution in [0.2, 0.25) is 0 Å². The van der Waals surface area contributed by atoms with Gasteiger partial charge >= 0.3 is 0 Å². The largest absolute Gasteiger partial charge is 0.352 e. The van der Waals surface area contributed by atoms with Crippen LogP contribution in [0.25, 0.3) is 0 Å². The Labute approximate surface area is 130 Å². The van der Waals surface area contributed by atoms with Crippen molar-refractivity contribution in [2.24, 2.45) is 5.41 Å². The number of amides is 2. The fraction of sp³-hybridized carbons (Fsp3) is 0.588. The van der Waals surface area contributed by atoms with Crippen molar-refractivity contribution in [2.45, 2.75) is 57.5 Å². The maximum atomic E-state index is 12.5. The number of hydrogen-bond donors (Lipinski definition) is 2. The third-order valence-corrected chi connectivity index (χ3v) is 4.72. The molecular formula is C17H23N3O2. The van der Waals surface area contributed by atoms with Crippen LogP contribution < -0.4 is 10.6 Å². The second-order valence-corrected chi connectivity index (χ2v) is 6.39. The summed E-state index contributed by atoms with van der Waals surface area (Å²) in [7, 11) is 0. The molecule has 0 spiro atoms. The van der Waals surface area contributed by atoms with Crippen molar-refractivity contribution in [3.63, 3.8) is 0 Å². The van der Waals surface area contributed by atoms with Gasteiger partial charge in [-0.15, -0.1) is 0 Å². The standard InChI is InChI=1S/C17H23N3O2/c21-15(19-12-14-8-4-5-11-18-14)17(9-10-17)16(22)20-13-6-2-1-3-7-13/h4-5,8,11,13H,1-3,6-7,9-10,12H2,(H,19,21)(H,20,22). The first-order valence-corrected chi connectivity index (χ1v) is 8.20. The summed E-state index contributed by atoms with van der Waals surface area (Å²) in [4.78, 5) is 29.0. The molecule has 22 heavy (non-hydrogen) atoms. The van der Waals surface area contributed by atoms with Gasteiger partial charge in [0, 0.05) is 12.2 Å². The van der Waals surface area contributed by atoms with Crippen LogP contribution in [-0.2, 0) is 16.1 Å². The number of hydrogen-bond acceptors (Lipinski definition) is 3. The highest BCUT2D eigenvalue weighted by molar-refractivity contribution is 6.07. The molecule has 0 radical (unpaired) electrons. The maximum Gasteiger partial charge on any atom is 0.236 e. The minimum Gasteiger partial charge on any atom is -0.352 e. The van der Waals surface area contributed by atoms with E-state index in [1.165, 1.54) is 19.3 Å². The number of rotatable bonds is 5. The normalized spacial score (nSPS) is 20.2. The van der Waals surface area contributed by atoms with Gasteiger partial charge in [-0.3, -0.25) is 14.6 Å². The lowest BCUT2D eigenvalue weighted by Crippen LogP contribution is -2.46. The Morgan fingerprint density at radius 1 is 1.14 bits per heavy atom.